The molecule has 0 radical (unpaired) electrons. The number of hydrogen-bond donors (Lipinski definition) is 3. The van der Waals surface area contributed by atoms with Crippen molar-refractivity contribution in [3.63, 3.8) is 0 Å². The van der Waals surface area contributed by atoms with Gasteiger partial charge in [0.1, 0.15) is 0 Å². The second-order valence-corrected chi connectivity index (χ2v) is 6.24. The van der Waals surface area contributed by atoms with E-state index in [-0.39, 0.29) is 0 Å². The fourth-order valence-electron chi connectivity index (χ4n) is 3.01. The molecule has 1 aromatic carbocycles. The number of hydrazine groups is 1. The molecule has 3 unspecified atom stereocenters. The lowest BCUT2D eigenvalue weighted by Crippen LogP contribution is -2.33. The van der Waals surface area contributed by atoms with Gasteiger partial charge in [0.25, 0.3) is 0 Å². The average Bonchev–Trinajstić information content (AvgIpc) is 2.94. The molecule has 1 heterocycles. The Morgan fingerprint density at radius 1 is 1.44 bits per heavy atom. The molecule has 3 N–H and O–H groups in total. The number of hydrogen-bond acceptors (Lipinski definition) is 3. The second kappa shape index (κ2) is 5.29. The summed E-state index contributed by atoms with van der Waals surface area (Å²) in [6.45, 7) is 4.38. The Morgan fingerprint density at radius 2 is 2.33 bits per heavy atom. The van der Waals surface area contributed by atoms with Crippen LogP contribution in [-0.4, -0.2) is 19.1 Å². The molecule has 1 saturated heterocycles. The molecule has 18 heavy (non-hydrogen) atoms. The lowest BCUT2D eigenvalue weighted by atomic mass is 10.0. The van der Waals surface area contributed by atoms with Crippen molar-refractivity contribution in [3.05, 3.63) is 33.8 Å². The van der Waals surface area contributed by atoms with Gasteiger partial charge in [0, 0.05) is 35.6 Å². The molecule has 0 saturated carbocycles. The van der Waals surface area contributed by atoms with E-state index in [1.54, 1.807) is 0 Å². The second-order valence-electron chi connectivity index (χ2n) is 5.38. The van der Waals surface area contributed by atoms with Crippen molar-refractivity contribution < 1.29 is 0 Å². The van der Waals surface area contributed by atoms with Gasteiger partial charge in [-0.15, -0.1) is 0 Å². The Labute approximate surface area is 117 Å². The van der Waals surface area contributed by atoms with E-state index in [1.807, 2.05) is 0 Å². The number of benzene rings is 1. The Bertz CT molecular complexity index is 435. The molecule has 98 valence electrons. The van der Waals surface area contributed by atoms with Gasteiger partial charge in [-0.05, 0) is 37.0 Å². The number of rotatable bonds is 3. The highest BCUT2D eigenvalue weighted by Gasteiger charge is 2.27. The first kappa shape index (κ1) is 12.6. The lowest BCUT2D eigenvalue weighted by molar-refractivity contribution is 0.416. The largest absolute Gasteiger partial charge is 0.310 e. The van der Waals surface area contributed by atoms with E-state index in [9.17, 15) is 0 Å². The minimum atomic E-state index is 0.533. The van der Waals surface area contributed by atoms with Crippen molar-refractivity contribution in [2.75, 3.05) is 13.1 Å². The SMILES string of the molecule is CC1NNCC1CNC1CCc2c(Br)cccc21. The van der Waals surface area contributed by atoms with Crippen LogP contribution in [0, 0.1) is 5.92 Å². The zero-order valence-corrected chi connectivity index (χ0v) is 12.3. The monoisotopic (exact) mass is 309 g/mol. The molecule has 1 fully saturated rings. The van der Waals surface area contributed by atoms with Gasteiger partial charge in [-0.1, -0.05) is 28.1 Å². The van der Waals surface area contributed by atoms with Crippen LogP contribution in [0.25, 0.3) is 0 Å². The standard InChI is InChI=1S/C14H20BrN3/c1-9-10(8-17-18-9)7-16-14-6-5-11-12(14)3-2-4-13(11)15/h2-4,9-10,14,16-18H,5-8H2,1H3. The maximum atomic E-state index is 3.74. The first-order valence-electron chi connectivity index (χ1n) is 6.75. The quantitative estimate of drug-likeness (QED) is 0.800. The van der Waals surface area contributed by atoms with Crippen LogP contribution >= 0.6 is 15.9 Å². The molecule has 0 spiro atoms. The summed E-state index contributed by atoms with van der Waals surface area (Å²) < 4.78 is 1.27. The van der Waals surface area contributed by atoms with Crippen LogP contribution in [-0.2, 0) is 6.42 Å². The van der Waals surface area contributed by atoms with E-state index in [1.165, 1.54) is 28.4 Å². The smallest absolute Gasteiger partial charge is 0.0326 e. The van der Waals surface area contributed by atoms with Gasteiger partial charge in [0.05, 0.1) is 0 Å². The van der Waals surface area contributed by atoms with Gasteiger partial charge in [0.2, 0.25) is 0 Å². The maximum Gasteiger partial charge on any atom is 0.0326 e. The third kappa shape index (κ3) is 2.35. The highest BCUT2D eigenvalue weighted by Crippen LogP contribution is 2.35. The van der Waals surface area contributed by atoms with Crippen LogP contribution in [0.15, 0.2) is 22.7 Å². The molecule has 1 aromatic rings. The minimum absolute atomic E-state index is 0.533. The van der Waals surface area contributed by atoms with Crippen molar-refractivity contribution in [2.45, 2.75) is 31.8 Å². The first-order chi connectivity index (χ1) is 8.75. The van der Waals surface area contributed by atoms with Crippen LogP contribution in [0.5, 0.6) is 0 Å². The van der Waals surface area contributed by atoms with Crippen molar-refractivity contribution in [1.82, 2.24) is 16.2 Å². The fourth-order valence-corrected chi connectivity index (χ4v) is 3.59. The van der Waals surface area contributed by atoms with Gasteiger partial charge < -0.3 is 5.32 Å². The summed E-state index contributed by atoms with van der Waals surface area (Å²) in [5.74, 6) is 0.682. The van der Waals surface area contributed by atoms with E-state index in [4.69, 9.17) is 0 Å². The van der Waals surface area contributed by atoms with E-state index >= 15 is 0 Å². The molecule has 0 amide bonds. The van der Waals surface area contributed by atoms with Crippen LogP contribution in [0.2, 0.25) is 0 Å². The van der Waals surface area contributed by atoms with Gasteiger partial charge in [-0.25, -0.2) is 0 Å². The molecule has 1 aliphatic heterocycles. The third-order valence-electron chi connectivity index (χ3n) is 4.24. The van der Waals surface area contributed by atoms with E-state index in [2.05, 4.69) is 57.2 Å². The molecule has 3 atom stereocenters. The fraction of sp³-hybridized carbons (Fsp3) is 0.571. The Balaban J connectivity index is 1.64. The molecular weight excluding hydrogens is 290 g/mol. The zero-order valence-electron chi connectivity index (χ0n) is 10.7. The van der Waals surface area contributed by atoms with E-state index < -0.39 is 0 Å². The highest BCUT2D eigenvalue weighted by atomic mass is 79.9. The predicted molar refractivity (Wildman–Crippen MR) is 77.3 cm³/mol. The van der Waals surface area contributed by atoms with Crippen molar-refractivity contribution in [2.24, 2.45) is 5.92 Å². The Morgan fingerprint density at radius 3 is 3.11 bits per heavy atom. The van der Waals surface area contributed by atoms with Gasteiger partial charge in [0.15, 0.2) is 0 Å². The summed E-state index contributed by atoms with van der Waals surface area (Å²) >= 11 is 3.65. The number of halogens is 1. The minimum Gasteiger partial charge on any atom is -0.310 e. The van der Waals surface area contributed by atoms with Crippen molar-refractivity contribution in [1.29, 1.82) is 0 Å². The summed E-state index contributed by atoms with van der Waals surface area (Å²) in [5.41, 5.74) is 9.48. The molecule has 2 aliphatic rings. The molecule has 4 heteroatoms. The van der Waals surface area contributed by atoms with Gasteiger partial charge in [-0.2, -0.15) is 0 Å². The normalized spacial score (nSPS) is 30.7. The highest BCUT2D eigenvalue weighted by molar-refractivity contribution is 9.10. The summed E-state index contributed by atoms with van der Waals surface area (Å²) in [6.07, 6.45) is 2.41. The summed E-state index contributed by atoms with van der Waals surface area (Å²) in [5, 5.41) is 3.74. The molecule has 3 rings (SSSR count). The van der Waals surface area contributed by atoms with Crippen LogP contribution in [0.3, 0.4) is 0 Å². The van der Waals surface area contributed by atoms with E-state index in [0.29, 0.717) is 18.0 Å². The zero-order chi connectivity index (χ0) is 12.5. The Kier molecular flexibility index (Phi) is 3.71. The number of fused-ring (bicyclic) bond motifs is 1. The van der Waals surface area contributed by atoms with Crippen molar-refractivity contribution >= 4 is 15.9 Å². The topological polar surface area (TPSA) is 36.1 Å². The number of nitrogens with one attached hydrogen (secondary N) is 3. The molecule has 3 nitrogen and oxygen atoms in total. The average molecular weight is 310 g/mol. The molecule has 1 aliphatic carbocycles. The van der Waals surface area contributed by atoms with Crippen LogP contribution in [0.1, 0.15) is 30.5 Å². The summed E-state index contributed by atoms with van der Waals surface area (Å²) in [6, 6.07) is 7.64. The van der Waals surface area contributed by atoms with Crippen molar-refractivity contribution in [3.8, 4) is 0 Å². The van der Waals surface area contributed by atoms with Gasteiger partial charge >= 0.3 is 0 Å². The first-order valence-corrected chi connectivity index (χ1v) is 7.54. The maximum absolute atomic E-state index is 3.74. The molecular formula is C14H20BrN3. The third-order valence-corrected chi connectivity index (χ3v) is 4.98. The van der Waals surface area contributed by atoms with E-state index in [0.717, 1.165) is 13.1 Å². The summed E-state index contributed by atoms with van der Waals surface area (Å²) in [7, 11) is 0. The molecule has 0 aromatic heterocycles. The van der Waals surface area contributed by atoms with Crippen LogP contribution in [0.4, 0.5) is 0 Å². The summed E-state index contributed by atoms with van der Waals surface area (Å²) in [4.78, 5) is 0. The Hall–Kier alpha value is -0.420. The lowest BCUT2D eigenvalue weighted by Gasteiger charge is -2.19. The predicted octanol–water partition coefficient (Wildman–Crippen LogP) is 2.14. The van der Waals surface area contributed by atoms with Crippen LogP contribution < -0.4 is 16.2 Å². The molecule has 0 bridgehead atoms. The van der Waals surface area contributed by atoms with Gasteiger partial charge in [-0.3, -0.25) is 10.9 Å².